The first-order valence-electron chi connectivity index (χ1n) is 9.59. The molecular weight excluding hydrogens is 398 g/mol. The van der Waals surface area contributed by atoms with Gasteiger partial charge in [0.2, 0.25) is 0 Å². The van der Waals surface area contributed by atoms with Crippen molar-refractivity contribution in [2.45, 2.75) is 6.54 Å². The number of fused-ring (bicyclic) bond motifs is 1. The molecule has 31 heavy (non-hydrogen) atoms. The number of hydrogen-bond donors (Lipinski definition) is 1. The van der Waals surface area contributed by atoms with Crippen LogP contribution in [0.2, 0.25) is 0 Å². The van der Waals surface area contributed by atoms with Crippen molar-refractivity contribution < 1.29 is 13.9 Å². The Hall–Kier alpha value is -4.20. The molecule has 0 aliphatic heterocycles. The van der Waals surface area contributed by atoms with E-state index in [0.717, 1.165) is 5.56 Å². The van der Waals surface area contributed by atoms with Gasteiger partial charge >= 0.3 is 5.63 Å². The van der Waals surface area contributed by atoms with Gasteiger partial charge < -0.3 is 14.5 Å². The molecule has 2 aromatic heterocycles. The van der Waals surface area contributed by atoms with Gasteiger partial charge in [0.25, 0.3) is 11.5 Å². The van der Waals surface area contributed by atoms with Gasteiger partial charge in [0.1, 0.15) is 5.56 Å². The van der Waals surface area contributed by atoms with Crippen molar-refractivity contribution in [1.82, 2.24) is 15.1 Å². The summed E-state index contributed by atoms with van der Waals surface area (Å²) in [5.74, 6) is -0.184. The Bertz CT molecular complexity index is 1360. The summed E-state index contributed by atoms with van der Waals surface area (Å²) in [5, 5.41) is 7.55. The first-order chi connectivity index (χ1) is 15.1. The van der Waals surface area contributed by atoms with E-state index in [1.165, 1.54) is 23.9 Å². The quantitative estimate of drug-likeness (QED) is 0.484. The molecule has 0 fully saturated rings. The molecule has 0 atom stereocenters. The van der Waals surface area contributed by atoms with Crippen LogP contribution in [0.3, 0.4) is 0 Å². The highest BCUT2D eigenvalue weighted by Gasteiger charge is 2.15. The number of rotatable bonds is 6. The number of nitrogens with zero attached hydrogens (tertiary/aromatic N) is 2. The fraction of sp³-hybridized carbons (Fsp3) is 0.130. The summed E-state index contributed by atoms with van der Waals surface area (Å²) in [6.45, 7) is 0.261. The summed E-state index contributed by atoms with van der Waals surface area (Å²) in [6.07, 6.45) is 0. The highest BCUT2D eigenvalue weighted by atomic mass is 16.5. The van der Waals surface area contributed by atoms with E-state index < -0.39 is 11.5 Å². The fourth-order valence-electron chi connectivity index (χ4n) is 3.18. The van der Waals surface area contributed by atoms with E-state index in [2.05, 4.69) is 10.4 Å². The Morgan fingerprint density at radius 1 is 1.06 bits per heavy atom. The zero-order valence-electron chi connectivity index (χ0n) is 16.7. The Morgan fingerprint density at radius 2 is 1.87 bits per heavy atom. The van der Waals surface area contributed by atoms with Gasteiger partial charge in [-0.05, 0) is 18.2 Å². The molecule has 0 saturated carbocycles. The number of hydrogen-bond acceptors (Lipinski definition) is 6. The Labute approximate surface area is 176 Å². The number of methoxy groups -OCH3 is 1. The molecule has 4 aromatic rings. The summed E-state index contributed by atoms with van der Waals surface area (Å²) in [7, 11) is 1.47. The van der Waals surface area contributed by atoms with E-state index in [-0.39, 0.29) is 29.8 Å². The van der Waals surface area contributed by atoms with Crippen molar-refractivity contribution in [2.75, 3.05) is 13.7 Å². The van der Waals surface area contributed by atoms with Gasteiger partial charge in [-0.2, -0.15) is 5.10 Å². The van der Waals surface area contributed by atoms with E-state index in [0.29, 0.717) is 16.8 Å². The highest BCUT2D eigenvalue weighted by Crippen LogP contribution is 2.24. The largest absolute Gasteiger partial charge is 0.493 e. The molecule has 8 nitrogen and oxygen atoms in total. The van der Waals surface area contributed by atoms with E-state index in [1.807, 2.05) is 30.3 Å². The van der Waals surface area contributed by atoms with Gasteiger partial charge in [0.15, 0.2) is 11.3 Å². The maximum atomic E-state index is 12.5. The first-order valence-corrected chi connectivity index (χ1v) is 9.59. The van der Waals surface area contributed by atoms with Gasteiger partial charge in [0.05, 0.1) is 19.3 Å². The third kappa shape index (κ3) is 4.23. The minimum atomic E-state index is -0.768. The van der Waals surface area contributed by atoms with Crippen LogP contribution in [0.5, 0.6) is 5.75 Å². The monoisotopic (exact) mass is 417 g/mol. The third-order valence-electron chi connectivity index (χ3n) is 4.73. The summed E-state index contributed by atoms with van der Waals surface area (Å²) in [4.78, 5) is 36.9. The van der Waals surface area contributed by atoms with Gasteiger partial charge in [0, 0.05) is 23.6 Å². The lowest BCUT2D eigenvalue weighted by molar-refractivity contribution is 0.0948. The number of carbonyl (C=O) groups is 1. The second-order valence-corrected chi connectivity index (χ2v) is 6.73. The minimum absolute atomic E-state index is 0.111. The highest BCUT2D eigenvalue weighted by molar-refractivity contribution is 5.97. The van der Waals surface area contributed by atoms with Crippen LogP contribution in [0.25, 0.3) is 22.2 Å². The topological polar surface area (TPSA) is 103 Å². The average molecular weight is 417 g/mol. The second kappa shape index (κ2) is 8.66. The van der Waals surface area contributed by atoms with Crippen LogP contribution in [0.1, 0.15) is 10.4 Å². The fourth-order valence-corrected chi connectivity index (χ4v) is 3.18. The molecule has 2 aromatic carbocycles. The van der Waals surface area contributed by atoms with Gasteiger partial charge in [-0.15, -0.1) is 0 Å². The van der Waals surface area contributed by atoms with Crippen molar-refractivity contribution in [2.24, 2.45) is 0 Å². The second-order valence-electron chi connectivity index (χ2n) is 6.73. The maximum Gasteiger partial charge on any atom is 0.349 e. The van der Waals surface area contributed by atoms with E-state index in [4.69, 9.17) is 9.15 Å². The molecule has 1 amide bonds. The normalized spacial score (nSPS) is 10.7. The number of para-hydroxylation sites is 1. The van der Waals surface area contributed by atoms with Crippen LogP contribution in [-0.4, -0.2) is 29.3 Å². The first kappa shape index (κ1) is 20.1. The summed E-state index contributed by atoms with van der Waals surface area (Å²) in [6, 6.07) is 19.1. The molecule has 8 heteroatoms. The van der Waals surface area contributed by atoms with Crippen molar-refractivity contribution in [3.8, 4) is 17.0 Å². The Balaban J connectivity index is 1.49. The smallest absolute Gasteiger partial charge is 0.349 e. The number of benzene rings is 2. The van der Waals surface area contributed by atoms with Crippen molar-refractivity contribution in [3.63, 3.8) is 0 Å². The molecule has 0 saturated heterocycles. The predicted octanol–water partition coefficient (Wildman–Crippen LogP) is 2.46. The van der Waals surface area contributed by atoms with Crippen LogP contribution in [0, 0.1) is 0 Å². The van der Waals surface area contributed by atoms with Crippen molar-refractivity contribution in [1.29, 1.82) is 0 Å². The van der Waals surface area contributed by atoms with Crippen LogP contribution >= 0.6 is 0 Å². The van der Waals surface area contributed by atoms with E-state index in [9.17, 15) is 14.4 Å². The molecule has 4 rings (SSSR count). The standard InChI is InChI=1S/C23H19N3O5/c1-30-19-9-5-8-16-14-17(23(29)31-21(16)19)22(28)24-12-13-26-20(27)11-10-18(25-26)15-6-3-2-4-7-15/h2-11,14H,12-13H2,1H3,(H,24,28). The molecule has 0 bridgehead atoms. The van der Waals surface area contributed by atoms with E-state index in [1.54, 1.807) is 24.3 Å². The summed E-state index contributed by atoms with van der Waals surface area (Å²) < 4.78 is 11.7. The molecule has 0 radical (unpaired) electrons. The minimum Gasteiger partial charge on any atom is -0.493 e. The molecule has 0 aliphatic carbocycles. The zero-order valence-corrected chi connectivity index (χ0v) is 16.7. The van der Waals surface area contributed by atoms with Crippen LogP contribution in [0.15, 0.2) is 80.7 Å². The molecular formula is C23H19N3O5. The molecule has 156 valence electrons. The number of amides is 1. The zero-order chi connectivity index (χ0) is 21.8. The summed E-state index contributed by atoms with van der Waals surface area (Å²) in [5.41, 5.74) is 0.626. The SMILES string of the molecule is COc1cccc2cc(C(=O)NCCn3nc(-c4ccccc4)ccc3=O)c(=O)oc12. The van der Waals surface area contributed by atoms with Crippen molar-refractivity contribution >= 4 is 16.9 Å². The van der Waals surface area contributed by atoms with Crippen LogP contribution in [-0.2, 0) is 6.54 Å². The lowest BCUT2D eigenvalue weighted by Gasteiger charge is -2.09. The lowest BCUT2D eigenvalue weighted by Crippen LogP contribution is -2.33. The van der Waals surface area contributed by atoms with Crippen molar-refractivity contribution in [3.05, 3.63) is 93.1 Å². The summed E-state index contributed by atoms with van der Waals surface area (Å²) >= 11 is 0. The third-order valence-corrected chi connectivity index (χ3v) is 4.73. The molecule has 0 spiro atoms. The molecule has 2 heterocycles. The molecule has 0 aliphatic rings. The van der Waals surface area contributed by atoms with Crippen LogP contribution < -0.4 is 21.2 Å². The predicted molar refractivity (Wildman–Crippen MR) is 115 cm³/mol. The van der Waals surface area contributed by atoms with Crippen LogP contribution in [0.4, 0.5) is 0 Å². The number of nitrogens with one attached hydrogen (secondary N) is 1. The van der Waals surface area contributed by atoms with Gasteiger partial charge in [-0.1, -0.05) is 42.5 Å². The van der Waals surface area contributed by atoms with Gasteiger partial charge in [-0.3, -0.25) is 9.59 Å². The van der Waals surface area contributed by atoms with E-state index >= 15 is 0 Å². The number of ether oxygens (including phenoxy) is 1. The maximum absolute atomic E-state index is 12.5. The van der Waals surface area contributed by atoms with Gasteiger partial charge in [-0.25, -0.2) is 9.48 Å². The Morgan fingerprint density at radius 3 is 2.65 bits per heavy atom. The Kier molecular flexibility index (Phi) is 5.61. The number of aromatic nitrogens is 2. The lowest BCUT2D eigenvalue weighted by atomic mass is 10.1. The average Bonchev–Trinajstić information content (AvgIpc) is 2.80. The molecule has 0 unspecified atom stereocenters. The molecule has 1 N–H and O–H groups in total. The number of carbonyl (C=O) groups excluding carboxylic acids is 1.